The van der Waals surface area contributed by atoms with Gasteiger partial charge >= 0.3 is 0 Å². The number of anilines is 3. The van der Waals surface area contributed by atoms with Crippen molar-refractivity contribution in [3.63, 3.8) is 0 Å². The predicted molar refractivity (Wildman–Crippen MR) is 106 cm³/mol. The largest absolute Gasteiger partial charge is 0.393 e. The van der Waals surface area contributed by atoms with E-state index in [4.69, 9.17) is 11.6 Å². The molecule has 0 aliphatic heterocycles. The van der Waals surface area contributed by atoms with E-state index in [9.17, 15) is 9.50 Å². The molecule has 7 nitrogen and oxygen atoms in total. The van der Waals surface area contributed by atoms with E-state index in [1.165, 1.54) is 18.5 Å². The van der Waals surface area contributed by atoms with Gasteiger partial charge in [0.15, 0.2) is 5.82 Å². The van der Waals surface area contributed by atoms with Gasteiger partial charge in [0, 0.05) is 18.8 Å². The van der Waals surface area contributed by atoms with Gasteiger partial charge in [-0.15, -0.1) is 0 Å². The summed E-state index contributed by atoms with van der Waals surface area (Å²) in [7, 11) is 1.96. The average molecular weight is 403 g/mol. The molecule has 0 atom stereocenters. The van der Waals surface area contributed by atoms with Crippen molar-refractivity contribution < 1.29 is 9.50 Å². The minimum absolute atomic E-state index is 0.0258. The van der Waals surface area contributed by atoms with Crippen LogP contribution in [-0.2, 0) is 0 Å². The Bertz CT molecular complexity index is 995. The van der Waals surface area contributed by atoms with E-state index in [0.717, 1.165) is 25.7 Å². The van der Waals surface area contributed by atoms with Crippen molar-refractivity contribution in [3.05, 3.63) is 41.6 Å². The van der Waals surface area contributed by atoms with Crippen molar-refractivity contribution in [1.82, 2.24) is 19.9 Å². The minimum atomic E-state index is -0.483. The zero-order valence-corrected chi connectivity index (χ0v) is 16.1. The normalized spacial score (nSPS) is 19.6. The van der Waals surface area contributed by atoms with Gasteiger partial charge in [-0.05, 0) is 43.9 Å². The summed E-state index contributed by atoms with van der Waals surface area (Å²) in [5, 5.41) is 12.9. The first-order chi connectivity index (χ1) is 13.5. The first-order valence-electron chi connectivity index (χ1n) is 9.12. The molecule has 0 radical (unpaired) electrons. The number of hydrogen-bond acceptors (Lipinski definition) is 7. The molecule has 0 spiro atoms. The van der Waals surface area contributed by atoms with Crippen LogP contribution in [0.1, 0.15) is 25.7 Å². The number of halogens is 2. The smallest absolute Gasteiger partial charge is 0.226 e. The Hall–Kier alpha value is -2.58. The number of aromatic nitrogens is 4. The molecular weight excluding hydrogens is 383 g/mol. The van der Waals surface area contributed by atoms with Gasteiger partial charge < -0.3 is 15.3 Å². The fourth-order valence-corrected chi connectivity index (χ4v) is 3.61. The molecule has 28 heavy (non-hydrogen) atoms. The Labute approximate surface area is 166 Å². The van der Waals surface area contributed by atoms with Crippen molar-refractivity contribution in [3.8, 4) is 0 Å². The zero-order chi connectivity index (χ0) is 19.7. The highest BCUT2D eigenvalue weighted by molar-refractivity contribution is 6.31. The summed E-state index contributed by atoms with van der Waals surface area (Å²) < 4.78 is 13.4. The second-order valence-corrected chi connectivity index (χ2v) is 7.36. The zero-order valence-electron chi connectivity index (χ0n) is 15.3. The van der Waals surface area contributed by atoms with E-state index < -0.39 is 5.82 Å². The number of benzene rings is 1. The number of nitrogens with zero attached hydrogens (tertiary/aromatic N) is 5. The van der Waals surface area contributed by atoms with Crippen molar-refractivity contribution in [1.29, 1.82) is 0 Å². The van der Waals surface area contributed by atoms with Gasteiger partial charge in [0.25, 0.3) is 0 Å². The Morgan fingerprint density at radius 2 is 1.96 bits per heavy atom. The number of hydrogen-bond donors (Lipinski definition) is 2. The number of fused-ring (bicyclic) bond motifs is 1. The van der Waals surface area contributed by atoms with E-state index >= 15 is 0 Å². The van der Waals surface area contributed by atoms with Gasteiger partial charge in [-0.2, -0.15) is 0 Å². The lowest BCUT2D eigenvalue weighted by Crippen LogP contribution is -2.37. The second-order valence-electron chi connectivity index (χ2n) is 6.95. The highest BCUT2D eigenvalue weighted by Crippen LogP contribution is 2.28. The highest BCUT2D eigenvalue weighted by Gasteiger charge is 2.24. The van der Waals surface area contributed by atoms with Gasteiger partial charge in [0.2, 0.25) is 5.95 Å². The molecule has 0 bridgehead atoms. The van der Waals surface area contributed by atoms with Crippen LogP contribution in [0, 0.1) is 5.82 Å². The lowest BCUT2D eigenvalue weighted by molar-refractivity contribution is 0.122. The summed E-state index contributed by atoms with van der Waals surface area (Å²) in [4.78, 5) is 19.6. The molecule has 146 valence electrons. The molecule has 1 aromatic carbocycles. The van der Waals surface area contributed by atoms with Crippen LogP contribution in [0.3, 0.4) is 0 Å². The van der Waals surface area contributed by atoms with Crippen LogP contribution in [0.5, 0.6) is 0 Å². The van der Waals surface area contributed by atoms with Crippen molar-refractivity contribution >= 4 is 40.1 Å². The Morgan fingerprint density at radius 1 is 1.18 bits per heavy atom. The Kier molecular flexibility index (Phi) is 5.23. The molecule has 2 aromatic heterocycles. The molecular formula is C19H20ClFN6O. The van der Waals surface area contributed by atoms with Gasteiger partial charge in [0.05, 0.1) is 17.3 Å². The molecule has 1 aliphatic carbocycles. The third-order valence-corrected chi connectivity index (χ3v) is 5.37. The summed E-state index contributed by atoms with van der Waals surface area (Å²) in [6.45, 7) is 0. The fourth-order valence-electron chi connectivity index (χ4n) is 3.43. The third-order valence-electron chi connectivity index (χ3n) is 5.08. The lowest BCUT2D eigenvalue weighted by atomic mass is 9.92. The minimum Gasteiger partial charge on any atom is -0.393 e. The van der Waals surface area contributed by atoms with Crippen LogP contribution in [0.15, 0.2) is 30.7 Å². The first-order valence-corrected chi connectivity index (χ1v) is 9.50. The van der Waals surface area contributed by atoms with Gasteiger partial charge in [-0.3, -0.25) is 0 Å². The standard InChI is InChI=1S/C19H20ClFN6O/c1-27(12-3-5-13(28)6-4-12)19-22-9-16-17(26-19)18(24-10-23-16)25-11-2-7-15(21)14(20)8-11/h2,7-10,12-13,28H,3-6H2,1H3,(H,23,24,25)/t12-,13-. The van der Waals surface area contributed by atoms with Gasteiger partial charge in [-0.25, -0.2) is 24.3 Å². The molecule has 9 heteroatoms. The number of aliphatic hydroxyl groups is 1. The molecule has 1 fully saturated rings. The highest BCUT2D eigenvalue weighted by atomic mass is 35.5. The topological polar surface area (TPSA) is 87.1 Å². The molecule has 1 aliphatic rings. The van der Waals surface area contributed by atoms with Crippen LogP contribution in [0.2, 0.25) is 5.02 Å². The van der Waals surface area contributed by atoms with Crippen LogP contribution >= 0.6 is 11.6 Å². The first kappa shape index (κ1) is 18.8. The molecule has 2 heterocycles. The Balaban J connectivity index is 1.64. The van der Waals surface area contributed by atoms with E-state index in [1.807, 2.05) is 11.9 Å². The van der Waals surface area contributed by atoms with Crippen molar-refractivity contribution in [2.45, 2.75) is 37.8 Å². The predicted octanol–water partition coefficient (Wildman–Crippen LogP) is 3.70. The maximum atomic E-state index is 13.4. The monoisotopic (exact) mass is 402 g/mol. The summed E-state index contributed by atoms with van der Waals surface area (Å²) in [6.07, 6.45) is 6.22. The number of rotatable bonds is 4. The molecule has 3 aromatic rings. The van der Waals surface area contributed by atoms with E-state index in [0.29, 0.717) is 28.5 Å². The molecule has 4 rings (SSSR count). The van der Waals surface area contributed by atoms with Gasteiger partial charge in [0.1, 0.15) is 23.2 Å². The van der Waals surface area contributed by atoms with Gasteiger partial charge in [-0.1, -0.05) is 11.6 Å². The summed E-state index contributed by atoms with van der Waals surface area (Å²) in [5.74, 6) is 0.580. The van der Waals surface area contributed by atoms with Crippen LogP contribution in [0.25, 0.3) is 11.0 Å². The summed E-state index contributed by atoms with van der Waals surface area (Å²) in [6, 6.07) is 4.64. The summed E-state index contributed by atoms with van der Waals surface area (Å²) >= 11 is 5.86. The molecule has 0 saturated heterocycles. The molecule has 0 unspecified atom stereocenters. The lowest BCUT2D eigenvalue weighted by Gasteiger charge is -2.33. The Morgan fingerprint density at radius 3 is 2.71 bits per heavy atom. The summed E-state index contributed by atoms with van der Waals surface area (Å²) in [5.41, 5.74) is 1.76. The van der Waals surface area contributed by atoms with Crippen LogP contribution in [-0.4, -0.2) is 44.2 Å². The molecule has 0 amide bonds. The second kappa shape index (κ2) is 7.81. The molecule has 1 saturated carbocycles. The fraction of sp³-hybridized carbons (Fsp3) is 0.368. The third kappa shape index (κ3) is 3.83. The maximum Gasteiger partial charge on any atom is 0.226 e. The van der Waals surface area contributed by atoms with Crippen LogP contribution < -0.4 is 10.2 Å². The van der Waals surface area contributed by atoms with E-state index in [2.05, 4.69) is 25.3 Å². The SMILES string of the molecule is CN(c1ncc2ncnc(Nc3ccc(F)c(Cl)c3)c2n1)[C@H]1CC[C@H](O)CC1. The number of nitrogens with one attached hydrogen (secondary N) is 1. The van der Waals surface area contributed by atoms with Crippen LogP contribution in [0.4, 0.5) is 21.8 Å². The maximum absolute atomic E-state index is 13.4. The van der Waals surface area contributed by atoms with Crippen molar-refractivity contribution in [2.75, 3.05) is 17.3 Å². The van der Waals surface area contributed by atoms with E-state index in [1.54, 1.807) is 12.3 Å². The quantitative estimate of drug-likeness (QED) is 0.688. The number of aliphatic hydroxyl groups excluding tert-OH is 1. The molecule has 2 N–H and O–H groups in total. The van der Waals surface area contributed by atoms with E-state index in [-0.39, 0.29) is 17.2 Å². The van der Waals surface area contributed by atoms with Crippen molar-refractivity contribution in [2.24, 2.45) is 0 Å². The average Bonchev–Trinajstić information content (AvgIpc) is 2.71.